The molecule has 0 radical (unpaired) electrons. The summed E-state index contributed by atoms with van der Waals surface area (Å²) in [7, 11) is 1.43. The number of halogens is 3. The second kappa shape index (κ2) is 15.4. The molecule has 0 spiro atoms. The molecule has 0 bridgehead atoms. The molecule has 3 amide bonds. The Balaban J connectivity index is 1.90. The number of rotatable bonds is 12. The van der Waals surface area contributed by atoms with Crippen LogP contribution in [0.15, 0.2) is 39.9 Å². The van der Waals surface area contributed by atoms with E-state index in [0.717, 1.165) is 0 Å². The van der Waals surface area contributed by atoms with E-state index >= 15 is 0 Å². The predicted molar refractivity (Wildman–Crippen MR) is 146 cm³/mol. The number of hydrogen-bond donors (Lipinski definition) is 3. The number of nitrogens with zero attached hydrogens (tertiary/aromatic N) is 1. The maximum absolute atomic E-state index is 12.3. The van der Waals surface area contributed by atoms with E-state index in [2.05, 4.69) is 37.1 Å². The van der Waals surface area contributed by atoms with Gasteiger partial charge in [0, 0.05) is 28.9 Å². The Bertz CT molecular complexity index is 1130. The zero-order valence-corrected chi connectivity index (χ0v) is 23.5. The van der Waals surface area contributed by atoms with E-state index in [9.17, 15) is 14.4 Å². The molecule has 2 aromatic carbocycles. The van der Waals surface area contributed by atoms with Crippen molar-refractivity contribution < 1.29 is 28.6 Å². The molecule has 0 aliphatic rings. The molecule has 0 unspecified atom stereocenters. The normalized spacial score (nSPS) is 10.9. The van der Waals surface area contributed by atoms with Crippen molar-refractivity contribution in [3.05, 3.63) is 50.4 Å². The van der Waals surface area contributed by atoms with Crippen molar-refractivity contribution in [3.8, 4) is 11.5 Å². The number of methoxy groups -OCH3 is 1. The topological polar surface area (TPSA) is 127 Å². The molecular weight excluding hydrogens is 591 g/mol. The molecular formula is C24H27BrCl2N4O6. The molecule has 13 heteroatoms. The van der Waals surface area contributed by atoms with Gasteiger partial charge in [-0.1, -0.05) is 23.2 Å². The van der Waals surface area contributed by atoms with Crippen LogP contribution in [0.1, 0.15) is 25.8 Å². The average Bonchev–Trinajstić information content (AvgIpc) is 2.81. The van der Waals surface area contributed by atoms with Crippen molar-refractivity contribution in [1.82, 2.24) is 10.7 Å². The van der Waals surface area contributed by atoms with E-state index < -0.39 is 17.7 Å². The lowest BCUT2D eigenvalue weighted by Crippen LogP contribution is -2.38. The summed E-state index contributed by atoms with van der Waals surface area (Å²) in [6.07, 6.45) is 2.01. The lowest BCUT2D eigenvalue weighted by Gasteiger charge is -2.13. The summed E-state index contributed by atoms with van der Waals surface area (Å²) in [5.74, 6) is -1.56. The Morgan fingerprint density at radius 2 is 1.78 bits per heavy atom. The Morgan fingerprint density at radius 3 is 2.43 bits per heavy atom. The van der Waals surface area contributed by atoms with Crippen LogP contribution < -0.4 is 25.5 Å². The second-order valence-corrected chi connectivity index (χ2v) is 9.48. The standard InChI is InChI=1S/C24H27BrCl2N4O6/c1-14(2)36-6-4-5-28-23(33)24(34)31-29-12-15-7-19(25)22(20(8-15)35-3)37-13-21(32)30-18-10-16(26)9-17(27)11-18/h7-12,14H,4-6,13H2,1-3H3,(H,28,33)(H,30,32)(H,31,34)/b29-12-. The van der Waals surface area contributed by atoms with Crippen molar-refractivity contribution >= 4 is 68.8 Å². The van der Waals surface area contributed by atoms with Crippen molar-refractivity contribution in [1.29, 1.82) is 0 Å². The summed E-state index contributed by atoms with van der Waals surface area (Å²) in [4.78, 5) is 36.0. The van der Waals surface area contributed by atoms with E-state index in [4.69, 9.17) is 37.4 Å². The molecule has 2 rings (SSSR count). The minimum absolute atomic E-state index is 0.104. The van der Waals surface area contributed by atoms with Gasteiger partial charge >= 0.3 is 11.8 Å². The first-order valence-electron chi connectivity index (χ1n) is 11.1. The van der Waals surface area contributed by atoms with Crippen LogP contribution in [0.2, 0.25) is 10.0 Å². The number of carbonyl (C=O) groups is 3. The fourth-order valence-electron chi connectivity index (χ4n) is 2.80. The first-order chi connectivity index (χ1) is 17.6. The van der Waals surface area contributed by atoms with Crippen molar-refractivity contribution in [2.45, 2.75) is 26.4 Å². The van der Waals surface area contributed by atoms with Gasteiger partial charge in [-0.2, -0.15) is 5.10 Å². The molecule has 0 aliphatic carbocycles. The van der Waals surface area contributed by atoms with E-state index in [-0.39, 0.29) is 18.5 Å². The number of hydrogen-bond acceptors (Lipinski definition) is 7. The molecule has 0 heterocycles. The van der Waals surface area contributed by atoms with Gasteiger partial charge in [-0.15, -0.1) is 0 Å². The Labute approximate surface area is 233 Å². The van der Waals surface area contributed by atoms with Crippen LogP contribution in [0, 0.1) is 0 Å². The zero-order valence-electron chi connectivity index (χ0n) is 20.4. The van der Waals surface area contributed by atoms with E-state index in [1.165, 1.54) is 13.3 Å². The third-order valence-electron chi connectivity index (χ3n) is 4.39. The Hall–Kier alpha value is -2.86. The van der Waals surface area contributed by atoms with Crippen LogP contribution in [0.3, 0.4) is 0 Å². The van der Waals surface area contributed by atoms with Crippen LogP contribution >= 0.6 is 39.1 Å². The van der Waals surface area contributed by atoms with Crippen LogP contribution in [0.4, 0.5) is 5.69 Å². The quantitative estimate of drug-likeness (QED) is 0.142. The van der Waals surface area contributed by atoms with Gasteiger partial charge in [0.25, 0.3) is 5.91 Å². The van der Waals surface area contributed by atoms with Gasteiger partial charge in [0.05, 0.1) is 23.9 Å². The highest BCUT2D eigenvalue weighted by Crippen LogP contribution is 2.36. The van der Waals surface area contributed by atoms with Gasteiger partial charge in [-0.25, -0.2) is 5.43 Å². The van der Waals surface area contributed by atoms with Gasteiger partial charge in [-0.05, 0) is 72.1 Å². The largest absolute Gasteiger partial charge is 0.493 e. The Morgan fingerprint density at radius 1 is 1.08 bits per heavy atom. The molecule has 200 valence electrons. The van der Waals surface area contributed by atoms with Crippen molar-refractivity contribution in [3.63, 3.8) is 0 Å². The predicted octanol–water partition coefficient (Wildman–Crippen LogP) is 4.16. The van der Waals surface area contributed by atoms with Crippen LogP contribution in [0.5, 0.6) is 11.5 Å². The molecule has 2 aromatic rings. The van der Waals surface area contributed by atoms with Gasteiger partial charge < -0.3 is 24.8 Å². The number of carbonyl (C=O) groups excluding carboxylic acids is 3. The molecule has 3 N–H and O–H groups in total. The van der Waals surface area contributed by atoms with Gasteiger partial charge in [0.2, 0.25) is 0 Å². The SMILES string of the molecule is COc1cc(/C=N\NC(=O)C(=O)NCCCOC(C)C)cc(Br)c1OCC(=O)Nc1cc(Cl)cc(Cl)c1. The molecule has 0 aliphatic heterocycles. The summed E-state index contributed by atoms with van der Waals surface area (Å²) in [5, 5.41) is 9.70. The first kappa shape index (κ1) is 30.4. The highest BCUT2D eigenvalue weighted by Gasteiger charge is 2.15. The minimum Gasteiger partial charge on any atom is -0.493 e. The molecule has 0 saturated carbocycles. The molecule has 37 heavy (non-hydrogen) atoms. The van der Waals surface area contributed by atoms with E-state index in [1.54, 1.807) is 30.3 Å². The molecule has 0 atom stereocenters. The van der Waals surface area contributed by atoms with Crippen molar-refractivity contribution in [2.75, 3.05) is 32.2 Å². The average molecular weight is 618 g/mol. The molecule has 0 saturated heterocycles. The van der Waals surface area contributed by atoms with Gasteiger partial charge in [-0.3, -0.25) is 14.4 Å². The first-order valence-corrected chi connectivity index (χ1v) is 12.6. The van der Waals surface area contributed by atoms with E-state index in [1.807, 2.05) is 13.8 Å². The fourth-order valence-corrected chi connectivity index (χ4v) is 3.91. The number of ether oxygens (including phenoxy) is 3. The van der Waals surface area contributed by atoms with Crippen LogP contribution in [-0.4, -0.2) is 56.9 Å². The summed E-state index contributed by atoms with van der Waals surface area (Å²) < 4.78 is 16.8. The number of benzene rings is 2. The maximum Gasteiger partial charge on any atom is 0.329 e. The third-order valence-corrected chi connectivity index (χ3v) is 5.41. The smallest absolute Gasteiger partial charge is 0.329 e. The van der Waals surface area contributed by atoms with E-state index in [0.29, 0.717) is 51.1 Å². The summed E-state index contributed by atoms with van der Waals surface area (Å²) >= 11 is 15.3. The summed E-state index contributed by atoms with van der Waals surface area (Å²) in [6, 6.07) is 7.88. The van der Waals surface area contributed by atoms with Crippen molar-refractivity contribution in [2.24, 2.45) is 5.10 Å². The van der Waals surface area contributed by atoms with Crippen LogP contribution in [0.25, 0.3) is 0 Å². The highest BCUT2D eigenvalue weighted by atomic mass is 79.9. The number of hydrazone groups is 1. The number of nitrogens with one attached hydrogen (secondary N) is 3. The Kier molecular flexibility index (Phi) is 12.6. The lowest BCUT2D eigenvalue weighted by atomic mass is 10.2. The zero-order chi connectivity index (χ0) is 27.4. The van der Waals surface area contributed by atoms with Crippen LogP contribution in [-0.2, 0) is 19.1 Å². The molecule has 10 nitrogen and oxygen atoms in total. The number of anilines is 1. The maximum atomic E-state index is 12.3. The minimum atomic E-state index is -0.904. The molecule has 0 aromatic heterocycles. The monoisotopic (exact) mass is 616 g/mol. The second-order valence-electron chi connectivity index (χ2n) is 7.76. The summed E-state index contributed by atoms with van der Waals surface area (Å²) in [5.41, 5.74) is 3.12. The summed E-state index contributed by atoms with van der Waals surface area (Å²) in [6.45, 7) is 4.30. The molecule has 0 fully saturated rings. The van der Waals surface area contributed by atoms with Gasteiger partial charge in [0.15, 0.2) is 18.1 Å². The van der Waals surface area contributed by atoms with Gasteiger partial charge in [0.1, 0.15) is 0 Å². The highest BCUT2D eigenvalue weighted by molar-refractivity contribution is 9.10. The fraction of sp³-hybridized carbons (Fsp3) is 0.333. The number of amides is 3. The lowest BCUT2D eigenvalue weighted by molar-refractivity contribution is -0.139. The third kappa shape index (κ3) is 11.0.